The molecule has 4 nitrogen and oxygen atoms in total. The molecule has 1 heterocycles. The Balaban J connectivity index is 2.46. The highest BCUT2D eigenvalue weighted by molar-refractivity contribution is 6.40. The van der Waals surface area contributed by atoms with Gasteiger partial charge in [-0.25, -0.2) is 10.4 Å². The lowest BCUT2D eigenvalue weighted by molar-refractivity contribution is -0.137. The second-order valence-corrected chi connectivity index (χ2v) is 6.14. The van der Waals surface area contributed by atoms with Crippen LogP contribution in [0.15, 0.2) is 23.9 Å². The Kier molecular flexibility index (Phi) is 4.84. The van der Waals surface area contributed by atoms with Crippen LogP contribution in [0.5, 0.6) is 0 Å². The van der Waals surface area contributed by atoms with Crippen LogP contribution in [0.2, 0.25) is 10.0 Å². The van der Waals surface area contributed by atoms with Crippen molar-refractivity contribution in [3.05, 3.63) is 39.5 Å². The highest BCUT2D eigenvalue weighted by Crippen LogP contribution is 2.41. The minimum absolute atomic E-state index is 0.000314. The van der Waals surface area contributed by atoms with Gasteiger partial charge in [0.05, 0.1) is 32.9 Å². The van der Waals surface area contributed by atoms with Gasteiger partial charge in [0.1, 0.15) is 0 Å². The number of nitrogens with one attached hydrogen (secondary N) is 1. The van der Waals surface area contributed by atoms with Crippen LogP contribution >= 0.6 is 23.2 Å². The zero-order valence-electron chi connectivity index (χ0n) is 12.5. The number of anilines is 1. The lowest BCUT2D eigenvalue weighted by Gasteiger charge is -2.20. The predicted octanol–water partition coefficient (Wildman–Crippen LogP) is 3.70. The molecule has 2 rings (SSSR count). The largest absolute Gasteiger partial charge is 0.416 e. The molecular weight excluding hydrogens is 354 g/mol. The first-order valence-corrected chi connectivity index (χ1v) is 7.33. The van der Waals surface area contributed by atoms with Crippen molar-refractivity contribution in [3.8, 4) is 0 Å². The van der Waals surface area contributed by atoms with E-state index in [-0.39, 0.29) is 21.8 Å². The quantitative estimate of drug-likeness (QED) is 0.809. The fraction of sp³-hybridized carbons (Fsp3) is 0.357. The average molecular weight is 368 g/mol. The van der Waals surface area contributed by atoms with Crippen LogP contribution in [0.3, 0.4) is 0 Å². The van der Waals surface area contributed by atoms with Crippen LogP contribution in [-0.4, -0.2) is 30.9 Å². The molecule has 23 heavy (non-hydrogen) atoms. The molecule has 1 amide bonds. The molecular formula is C14H14Cl2F3N3O. The maximum Gasteiger partial charge on any atom is 0.416 e. The van der Waals surface area contributed by atoms with Crippen molar-refractivity contribution in [2.24, 2.45) is 0 Å². The number of hydrazine groups is 1. The number of hydrogen-bond donors (Lipinski definition) is 1. The molecule has 126 valence electrons. The minimum atomic E-state index is -4.57. The van der Waals surface area contributed by atoms with Gasteiger partial charge in [-0.1, -0.05) is 23.2 Å². The second kappa shape index (κ2) is 6.22. The summed E-state index contributed by atoms with van der Waals surface area (Å²) in [4.78, 5) is 14.2. The zero-order chi connectivity index (χ0) is 17.5. The number of nitrogens with zero attached hydrogens (tertiary/aromatic N) is 2. The summed E-state index contributed by atoms with van der Waals surface area (Å²) in [5, 5.41) is 0.554. The van der Waals surface area contributed by atoms with Crippen molar-refractivity contribution < 1.29 is 18.0 Å². The van der Waals surface area contributed by atoms with Gasteiger partial charge in [-0.15, -0.1) is 0 Å². The molecule has 0 saturated carbocycles. The lowest BCUT2D eigenvalue weighted by atomic mass is 10.1. The average Bonchev–Trinajstić information content (AvgIpc) is 2.64. The van der Waals surface area contributed by atoms with Crippen LogP contribution in [0, 0.1) is 0 Å². The number of carbonyl (C=O) groups is 1. The van der Waals surface area contributed by atoms with Gasteiger partial charge in [0.25, 0.3) is 5.91 Å². The first-order chi connectivity index (χ1) is 10.5. The van der Waals surface area contributed by atoms with E-state index in [0.717, 1.165) is 17.1 Å². The van der Waals surface area contributed by atoms with Gasteiger partial charge in [-0.3, -0.25) is 4.79 Å². The maximum atomic E-state index is 12.8. The van der Waals surface area contributed by atoms with Crippen LogP contribution in [0.1, 0.15) is 12.5 Å². The summed E-state index contributed by atoms with van der Waals surface area (Å²) in [5.41, 5.74) is 2.33. The van der Waals surface area contributed by atoms with E-state index < -0.39 is 17.6 Å². The normalized spacial score (nSPS) is 20.5. The van der Waals surface area contributed by atoms with Gasteiger partial charge >= 0.3 is 6.18 Å². The fourth-order valence-corrected chi connectivity index (χ4v) is 2.85. The molecule has 1 N–H and O–H groups in total. The van der Waals surface area contributed by atoms with E-state index in [1.54, 1.807) is 32.1 Å². The number of rotatable bonds is 2. The SMILES string of the molecule is CC1NN(c2c(Cl)cc(C(F)(F)F)cc2Cl)C(=O)C1=CN(C)C. The Morgan fingerprint density at radius 1 is 1.26 bits per heavy atom. The second-order valence-electron chi connectivity index (χ2n) is 5.33. The molecule has 1 aromatic carbocycles. The monoisotopic (exact) mass is 367 g/mol. The number of halogens is 5. The van der Waals surface area contributed by atoms with Crippen molar-refractivity contribution in [3.63, 3.8) is 0 Å². The van der Waals surface area contributed by atoms with Gasteiger partial charge in [-0.05, 0) is 19.1 Å². The molecule has 1 atom stereocenters. The first kappa shape index (κ1) is 17.9. The van der Waals surface area contributed by atoms with Crippen LogP contribution < -0.4 is 10.4 Å². The van der Waals surface area contributed by atoms with Crippen molar-refractivity contribution in [2.45, 2.75) is 19.1 Å². The Bertz CT molecular complexity index is 651. The van der Waals surface area contributed by atoms with Gasteiger partial charge < -0.3 is 4.90 Å². The molecule has 1 aliphatic heterocycles. The number of benzene rings is 1. The topological polar surface area (TPSA) is 35.6 Å². The van der Waals surface area contributed by atoms with E-state index in [1.165, 1.54) is 0 Å². The van der Waals surface area contributed by atoms with E-state index in [1.807, 2.05) is 0 Å². The summed E-state index contributed by atoms with van der Waals surface area (Å²) >= 11 is 11.9. The molecule has 0 bridgehead atoms. The van der Waals surface area contributed by atoms with Crippen LogP contribution in [-0.2, 0) is 11.0 Å². The van der Waals surface area contributed by atoms with Crippen molar-refractivity contribution in [2.75, 3.05) is 19.1 Å². The maximum absolute atomic E-state index is 12.8. The van der Waals surface area contributed by atoms with E-state index >= 15 is 0 Å². The third kappa shape index (κ3) is 3.57. The third-order valence-corrected chi connectivity index (χ3v) is 3.78. The summed E-state index contributed by atoms with van der Waals surface area (Å²) in [6, 6.07) is 1.16. The lowest BCUT2D eigenvalue weighted by Crippen LogP contribution is -2.37. The van der Waals surface area contributed by atoms with Gasteiger partial charge in [0.2, 0.25) is 0 Å². The minimum Gasteiger partial charge on any atom is -0.383 e. The van der Waals surface area contributed by atoms with Gasteiger partial charge in [-0.2, -0.15) is 13.2 Å². The van der Waals surface area contributed by atoms with E-state index in [0.29, 0.717) is 5.57 Å². The highest BCUT2D eigenvalue weighted by Gasteiger charge is 2.37. The van der Waals surface area contributed by atoms with Gasteiger partial charge in [0, 0.05) is 20.3 Å². The molecule has 0 aliphatic carbocycles. The van der Waals surface area contributed by atoms with Gasteiger partial charge in [0.15, 0.2) is 0 Å². The standard InChI is InChI=1S/C14H14Cl2F3N3O/c1-7-9(6-21(2)3)13(23)22(20-7)12-10(15)4-8(5-11(12)16)14(17,18)19/h4-7,20H,1-3H3. The zero-order valence-corrected chi connectivity index (χ0v) is 14.0. The van der Waals surface area contributed by atoms with E-state index in [2.05, 4.69) is 5.43 Å². The van der Waals surface area contributed by atoms with Crippen molar-refractivity contribution >= 4 is 34.8 Å². The number of amides is 1. The Morgan fingerprint density at radius 2 is 1.78 bits per heavy atom. The van der Waals surface area contributed by atoms with Crippen molar-refractivity contribution in [1.82, 2.24) is 10.3 Å². The summed E-state index contributed by atoms with van der Waals surface area (Å²) in [5.74, 6) is -0.422. The Hall–Kier alpha value is -1.44. The number of alkyl halides is 3. The predicted molar refractivity (Wildman–Crippen MR) is 83.3 cm³/mol. The molecule has 0 radical (unpaired) electrons. The molecule has 1 fully saturated rings. The number of hydrogen-bond acceptors (Lipinski definition) is 3. The van der Waals surface area contributed by atoms with Crippen molar-refractivity contribution in [1.29, 1.82) is 0 Å². The third-order valence-electron chi connectivity index (χ3n) is 3.20. The summed E-state index contributed by atoms with van der Waals surface area (Å²) in [7, 11) is 3.52. The van der Waals surface area contributed by atoms with E-state index in [9.17, 15) is 18.0 Å². The molecule has 1 aromatic rings. The molecule has 0 aromatic heterocycles. The smallest absolute Gasteiger partial charge is 0.383 e. The number of carbonyl (C=O) groups excluding carboxylic acids is 1. The Morgan fingerprint density at radius 3 is 2.22 bits per heavy atom. The molecule has 1 unspecified atom stereocenters. The van der Waals surface area contributed by atoms with Crippen LogP contribution in [0.25, 0.3) is 0 Å². The van der Waals surface area contributed by atoms with Crippen LogP contribution in [0.4, 0.5) is 18.9 Å². The fourth-order valence-electron chi connectivity index (χ4n) is 2.19. The first-order valence-electron chi connectivity index (χ1n) is 6.57. The van der Waals surface area contributed by atoms with E-state index in [4.69, 9.17) is 23.2 Å². The summed E-state index contributed by atoms with van der Waals surface area (Å²) in [6.07, 6.45) is -2.94. The Labute approximate surface area is 141 Å². The summed E-state index contributed by atoms with van der Waals surface area (Å²) < 4.78 is 38.3. The summed E-state index contributed by atoms with van der Waals surface area (Å²) in [6.45, 7) is 1.75. The molecule has 9 heteroatoms. The highest BCUT2D eigenvalue weighted by atomic mass is 35.5. The molecule has 0 spiro atoms. The molecule has 1 aliphatic rings. The molecule has 1 saturated heterocycles.